The first-order valence-electron chi connectivity index (χ1n) is 26.4. The molecule has 77 heavy (non-hydrogen) atoms. The number of para-hydroxylation sites is 3. The molecule has 362 valence electrons. The molecule has 3 aromatic heterocycles. The van der Waals surface area contributed by atoms with Crippen LogP contribution in [0, 0.1) is 0 Å². The second kappa shape index (κ2) is 17.7. The Labute approximate surface area is 447 Å². The van der Waals surface area contributed by atoms with Crippen molar-refractivity contribution >= 4 is 62.1 Å². The van der Waals surface area contributed by atoms with Crippen molar-refractivity contribution in [2.75, 3.05) is 0 Å². The highest BCUT2D eigenvalue weighted by molar-refractivity contribution is 7.03. The maximum absolute atomic E-state index is 5.57. The van der Waals surface area contributed by atoms with E-state index >= 15 is 0 Å². The van der Waals surface area contributed by atoms with Crippen molar-refractivity contribution in [3.63, 3.8) is 0 Å². The molecule has 1 aliphatic heterocycles. The number of rotatable bonds is 8. The third kappa shape index (κ3) is 7.17. The zero-order valence-electron chi connectivity index (χ0n) is 42.6. The summed E-state index contributed by atoms with van der Waals surface area (Å²) in [5, 5.41) is 7.67. The van der Waals surface area contributed by atoms with Crippen molar-refractivity contribution < 1.29 is 0 Å². The lowest BCUT2D eigenvalue weighted by atomic mass is 9.95. The van der Waals surface area contributed by atoms with Crippen LogP contribution in [0.3, 0.4) is 0 Å². The van der Waals surface area contributed by atoms with Gasteiger partial charge in [0.25, 0.3) is 0 Å². The molecule has 0 amide bonds. The Morgan fingerprint density at radius 2 is 0.727 bits per heavy atom. The summed E-state index contributed by atoms with van der Waals surface area (Å²) in [6.45, 7) is 4.92. The fraction of sp³-hybridized carbons (Fsp3) is 0.0282. The van der Waals surface area contributed by atoms with Crippen LogP contribution in [0.25, 0.3) is 134 Å². The Morgan fingerprint density at radius 3 is 1.40 bits per heavy atom. The van der Waals surface area contributed by atoms with Crippen molar-refractivity contribution in [3.05, 3.63) is 261 Å². The summed E-state index contributed by atoms with van der Waals surface area (Å²) >= 11 is 0. The summed E-state index contributed by atoms with van der Waals surface area (Å²) < 4.78 is 4.85. The Morgan fingerprint density at radius 1 is 0.286 bits per heavy atom. The van der Waals surface area contributed by atoms with Crippen molar-refractivity contribution in [3.8, 4) is 90.0 Å². The molecule has 11 aromatic carbocycles. The first-order valence-corrected chi connectivity index (χ1v) is 29.4. The summed E-state index contributed by atoms with van der Waals surface area (Å²) in [5.74, 6) is 1.86. The van der Waals surface area contributed by atoms with Crippen LogP contribution in [-0.4, -0.2) is 32.2 Å². The maximum Gasteiger partial charge on any atom is 0.166 e. The molecule has 0 bridgehead atoms. The topological polar surface area (TPSA) is 48.5 Å². The second-order valence-electron chi connectivity index (χ2n) is 20.7. The van der Waals surface area contributed by atoms with Gasteiger partial charge in [-0.3, -0.25) is 0 Å². The average molecular weight is 1000 g/mol. The van der Waals surface area contributed by atoms with E-state index in [1.165, 1.54) is 65.2 Å². The lowest BCUT2D eigenvalue weighted by Gasteiger charge is -2.19. The number of hydrogen-bond acceptors (Lipinski definition) is 3. The molecule has 0 saturated carbocycles. The van der Waals surface area contributed by atoms with Gasteiger partial charge in [-0.15, -0.1) is 0 Å². The van der Waals surface area contributed by atoms with Gasteiger partial charge in [0.2, 0.25) is 0 Å². The van der Waals surface area contributed by atoms with Crippen LogP contribution in [0.5, 0.6) is 0 Å². The summed E-state index contributed by atoms with van der Waals surface area (Å²) in [6, 6.07) is 94.3. The summed E-state index contributed by atoms with van der Waals surface area (Å²) in [5.41, 5.74) is 18.9. The van der Waals surface area contributed by atoms with Gasteiger partial charge >= 0.3 is 0 Å². The first-order chi connectivity index (χ1) is 38.0. The van der Waals surface area contributed by atoms with E-state index in [9.17, 15) is 0 Å². The van der Waals surface area contributed by atoms with E-state index in [-0.39, 0.29) is 0 Å². The van der Waals surface area contributed by atoms with Crippen LogP contribution in [0.2, 0.25) is 13.1 Å². The monoisotopic (exact) mass is 999 g/mol. The van der Waals surface area contributed by atoms with Crippen molar-refractivity contribution in [2.45, 2.75) is 13.1 Å². The molecule has 6 heteroatoms. The highest BCUT2D eigenvalue weighted by atomic mass is 28.3. The van der Waals surface area contributed by atoms with Gasteiger partial charge in [0.05, 0.1) is 27.8 Å². The van der Waals surface area contributed by atoms with E-state index in [1.807, 2.05) is 0 Å². The van der Waals surface area contributed by atoms with E-state index in [4.69, 9.17) is 15.0 Å². The number of fused-ring (bicyclic) bond motifs is 9. The molecule has 0 aliphatic carbocycles. The van der Waals surface area contributed by atoms with Crippen LogP contribution in [0.1, 0.15) is 0 Å². The minimum Gasteiger partial charge on any atom is -0.309 e. The predicted octanol–water partition coefficient (Wildman–Crippen LogP) is 16.9. The number of aromatic nitrogens is 5. The summed E-state index contributed by atoms with van der Waals surface area (Å²) in [4.78, 5) is 16.5. The molecule has 14 aromatic rings. The lowest BCUT2D eigenvalue weighted by molar-refractivity contribution is 1.06. The van der Waals surface area contributed by atoms with Gasteiger partial charge in [-0.05, 0) is 109 Å². The van der Waals surface area contributed by atoms with Crippen LogP contribution >= 0.6 is 0 Å². The molecule has 0 N–H and O–H groups in total. The maximum atomic E-state index is 5.57. The van der Waals surface area contributed by atoms with Gasteiger partial charge < -0.3 is 9.13 Å². The van der Waals surface area contributed by atoms with Gasteiger partial charge in [-0.1, -0.05) is 219 Å². The molecule has 0 radical (unpaired) electrons. The zero-order valence-corrected chi connectivity index (χ0v) is 43.6. The molecular formula is C71H49N5Si. The lowest BCUT2D eigenvalue weighted by Crippen LogP contribution is -2.49. The van der Waals surface area contributed by atoms with E-state index < -0.39 is 8.07 Å². The third-order valence-corrected chi connectivity index (χ3v) is 19.5. The Hall–Kier alpha value is -9.75. The number of benzene rings is 11. The fourth-order valence-corrected chi connectivity index (χ4v) is 15.5. The molecule has 0 fully saturated rings. The molecule has 0 unspecified atom stereocenters. The molecule has 5 nitrogen and oxygen atoms in total. The van der Waals surface area contributed by atoms with E-state index in [0.29, 0.717) is 17.5 Å². The Balaban J connectivity index is 0.990. The average Bonchev–Trinajstić information content (AvgIpc) is 4.27. The highest BCUT2D eigenvalue weighted by Gasteiger charge is 2.37. The van der Waals surface area contributed by atoms with Crippen molar-refractivity contribution in [1.82, 2.24) is 24.1 Å². The number of nitrogens with zero attached hydrogens (tertiary/aromatic N) is 5. The van der Waals surface area contributed by atoms with Gasteiger partial charge in [-0.2, -0.15) is 0 Å². The van der Waals surface area contributed by atoms with E-state index in [0.717, 1.165) is 61.4 Å². The SMILES string of the molecule is C[Si]1(C)c2ccccc2-c2ccc(-c3nc(-c4cccc(-c5ccccc5)c4)nc(-c4ccc(-c5ccccc5)cc4-n4c5ccccc5c5c(-c6cccc7c6c6ccccc6n7-c6ccccc6)cccc54)n3)cc21. The van der Waals surface area contributed by atoms with Crippen LogP contribution in [-0.2, 0) is 0 Å². The fourth-order valence-electron chi connectivity index (χ4n) is 12.4. The minimum absolute atomic E-state index is 0.602. The van der Waals surface area contributed by atoms with Crippen LogP contribution in [0.4, 0.5) is 0 Å². The Kier molecular flexibility index (Phi) is 10.3. The van der Waals surface area contributed by atoms with Crippen molar-refractivity contribution in [2.24, 2.45) is 0 Å². The van der Waals surface area contributed by atoms with Gasteiger partial charge in [-0.25, -0.2) is 15.0 Å². The molecule has 0 atom stereocenters. The van der Waals surface area contributed by atoms with E-state index in [1.54, 1.807) is 0 Å². The largest absolute Gasteiger partial charge is 0.309 e. The molecular weight excluding hydrogens is 951 g/mol. The molecule has 4 heterocycles. The molecule has 0 spiro atoms. The number of hydrogen-bond donors (Lipinski definition) is 0. The Bertz CT molecular complexity index is 4650. The summed E-state index contributed by atoms with van der Waals surface area (Å²) in [7, 11) is -2.03. The quantitative estimate of drug-likeness (QED) is 0.143. The van der Waals surface area contributed by atoms with Crippen LogP contribution < -0.4 is 10.4 Å². The zero-order chi connectivity index (χ0) is 51.2. The summed E-state index contributed by atoms with van der Waals surface area (Å²) in [6.07, 6.45) is 0. The molecule has 15 rings (SSSR count). The standard InChI is InChI=1S/C71H49N5Si/c1-77(2)65-38-17-14-29-53(65)54-41-40-51(45-66(54)77)70-72-69(50-26-18-25-48(43-50)46-21-6-3-7-22-46)73-71(74-70)59-42-39-49(47-23-8-4-9-24-47)44-64(59)76-61-35-16-13-31-58(61)68-56(33-20-37-63(68)76)55-32-19-36-62-67(55)57-30-12-15-34-60(57)75(62)52-27-10-5-11-28-52/h3-45H,1-2H3. The third-order valence-electron chi connectivity index (χ3n) is 16.0. The minimum atomic E-state index is -2.03. The highest BCUT2D eigenvalue weighted by Crippen LogP contribution is 2.45. The molecule has 1 aliphatic rings. The smallest absolute Gasteiger partial charge is 0.166 e. The van der Waals surface area contributed by atoms with Crippen LogP contribution in [0.15, 0.2) is 261 Å². The normalized spacial score (nSPS) is 12.6. The van der Waals surface area contributed by atoms with Gasteiger partial charge in [0.15, 0.2) is 17.5 Å². The van der Waals surface area contributed by atoms with Crippen molar-refractivity contribution in [1.29, 1.82) is 0 Å². The van der Waals surface area contributed by atoms with Gasteiger partial charge in [0, 0.05) is 43.9 Å². The molecule has 0 saturated heterocycles. The first kappa shape index (κ1) is 44.7. The van der Waals surface area contributed by atoms with Gasteiger partial charge in [0.1, 0.15) is 8.07 Å². The predicted molar refractivity (Wildman–Crippen MR) is 323 cm³/mol. The second-order valence-corrected chi connectivity index (χ2v) is 25.0. The van der Waals surface area contributed by atoms with E-state index in [2.05, 4.69) is 283 Å².